The fourth-order valence-electron chi connectivity index (χ4n) is 1.33. The van der Waals surface area contributed by atoms with Gasteiger partial charge in [0.2, 0.25) is 11.9 Å². The number of nitrogens with two attached hydrogens (primary N) is 2. The van der Waals surface area contributed by atoms with Crippen molar-refractivity contribution >= 4 is 17.9 Å². The summed E-state index contributed by atoms with van der Waals surface area (Å²) in [5.74, 6) is -0.790. The number of nitrogens with zero attached hydrogens (tertiary/aromatic N) is 3. The van der Waals surface area contributed by atoms with Gasteiger partial charge in [-0.1, -0.05) is 12.1 Å². The Morgan fingerprint density at radius 3 is 2.35 bits per heavy atom. The van der Waals surface area contributed by atoms with E-state index in [0.717, 1.165) is 0 Å². The maximum atomic E-state index is 10.8. The Morgan fingerprint density at radius 1 is 1.12 bits per heavy atom. The van der Waals surface area contributed by atoms with Crippen LogP contribution in [0.5, 0.6) is 0 Å². The van der Waals surface area contributed by atoms with Crippen molar-refractivity contribution in [3.05, 3.63) is 29.8 Å². The van der Waals surface area contributed by atoms with Crippen molar-refractivity contribution in [3.63, 3.8) is 0 Å². The van der Waals surface area contributed by atoms with Gasteiger partial charge in [-0.05, 0) is 12.1 Å². The second-order valence-electron chi connectivity index (χ2n) is 3.26. The Balaban J connectivity index is 2.52. The number of hydrogen-bond donors (Lipinski definition) is 3. The summed E-state index contributed by atoms with van der Waals surface area (Å²) in [6, 6.07) is 6.17. The molecule has 0 aliphatic carbocycles. The van der Waals surface area contributed by atoms with E-state index in [9.17, 15) is 4.79 Å². The van der Waals surface area contributed by atoms with Gasteiger partial charge in [0, 0.05) is 5.56 Å². The molecule has 0 unspecified atom stereocenters. The predicted octanol–water partition coefficient (Wildman–Crippen LogP) is 0.401. The Bertz CT molecular complexity index is 564. The van der Waals surface area contributed by atoms with Crippen molar-refractivity contribution in [1.29, 1.82) is 0 Å². The highest BCUT2D eigenvalue weighted by Gasteiger charge is 2.08. The van der Waals surface area contributed by atoms with Crippen LogP contribution in [-0.2, 0) is 0 Å². The molecule has 1 aromatic heterocycles. The van der Waals surface area contributed by atoms with Gasteiger partial charge in [0.25, 0.3) is 0 Å². The maximum absolute atomic E-state index is 10.8. The van der Waals surface area contributed by atoms with Gasteiger partial charge in [-0.3, -0.25) is 0 Å². The van der Waals surface area contributed by atoms with Crippen LogP contribution >= 0.6 is 0 Å². The Kier molecular flexibility index (Phi) is 2.57. The molecular weight excluding hydrogens is 222 g/mol. The minimum absolute atomic E-state index is 0.00627. The fourth-order valence-corrected chi connectivity index (χ4v) is 1.33. The van der Waals surface area contributed by atoms with Gasteiger partial charge in [0.1, 0.15) is 0 Å². The lowest BCUT2D eigenvalue weighted by molar-refractivity contribution is 0.0697. The number of hydrogen-bond acceptors (Lipinski definition) is 6. The van der Waals surface area contributed by atoms with E-state index in [1.54, 1.807) is 12.1 Å². The molecule has 2 rings (SSSR count). The van der Waals surface area contributed by atoms with Crippen LogP contribution in [0.15, 0.2) is 24.3 Å². The summed E-state index contributed by atoms with van der Waals surface area (Å²) in [6.07, 6.45) is 0. The SMILES string of the molecule is Nc1nc(N)nc(-c2cccc(C(=O)O)c2)n1. The largest absolute Gasteiger partial charge is 0.478 e. The fraction of sp³-hybridized carbons (Fsp3) is 0. The number of carboxylic acids is 1. The minimum atomic E-state index is -1.03. The molecule has 1 aromatic carbocycles. The summed E-state index contributed by atoms with van der Waals surface area (Å²) in [6.45, 7) is 0. The molecule has 0 bridgehead atoms. The second kappa shape index (κ2) is 4.05. The highest BCUT2D eigenvalue weighted by atomic mass is 16.4. The molecule has 0 amide bonds. The number of rotatable bonds is 2. The summed E-state index contributed by atoms with van der Waals surface area (Å²) >= 11 is 0. The van der Waals surface area contributed by atoms with Gasteiger partial charge < -0.3 is 16.6 Å². The molecule has 17 heavy (non-hydrogen) atoms. The number of aromatic carboxylic acids is 1. The van der Waals surface area contributed by atoms with Crippen molar-refractivity contribution in [2.45, 2.75) is 0 Å². The molecule has 7 heteroatoms. The molecule has 0 radical (unpaired) electrons. The van der Waals surface area contributed by atoms with E-state index < -0.39 is 5.97 Å². The quantitative estimate of drug-likeness (QED) is 0.682. The van der Waals surface area contributed by atoms with Gasteiger partial charge in [0.05, 0.1) is 5.56 Å². The highest BCUT2D eigenvalue weighted by Crippen LogP contribution is 2.17. The number of nitrogen functional groups attached to an aromatic ring is 2. The number of benzene rings is 1. The molecule has 0 atom stereocenters. The van der Waals surface area contributed by atoms with E-state index in [2.05, 4.69) is 15.0 Å². The van der Waals surface area contributed by atoms with Gasteiger partial charge in [-0.15, -0.1) is 0 Å². The number of carbonyl (C=O) groups is 1. The molecule has 0 saturated heterocycles. The average Bonchev–Trinajstić information content (AvgIpc) is 2.28. The van der Waals surface area contributed by atoms with Crippen LogP contribution in [0.1, 0.15) is 10.4 Å². The van der Waals surface area contributed by atoms with E-state index in [4.69, 9.17) is 16.6 Å². The number of aromatic nitrogens is 3. The summed E-state index contributed by atoms with van der Waals surface area (Å²) in [7, 11) is 0. The third-order valence-corrected chi connectivity index (χ3v) is 2.04. The molecule has 86 valence electrons. The van der Waals surface area contributed by atoms with Gasteiger partial charge in [0.15, 0.2) is 5.82 Å². The molecule has 5 N–H and O–H groups in total. The van der Waals surface area contributed by atoms with Crippen LogP contribution in [0.3, 0.4) is 0 Å². The predicted molar refractivity (Wildman–Crippen MR) is 61.0 cm³/mol. The molecule has 7 nitrogen and oxygen atoms in total. The van der Waals surface area contributed by atoms with E-state index >= 15 is 0 Å². The maximum Gasteiger partial charge on any atom is 0.335 e. The van der Waals surface area contributed by atoms with Crippen molar-refractivity contribution in [1.82, 2.24) is 15.0 Å². The van der Waals surface area contributed by atoms with E-state index in [0.29, 0.717) is 5.56 Å². The second-order valence-corrected chi connectivity index (χ2v) is 3.26. The van der Waals surface area contributed by atoms with Crippen molar-refractivity contribution in [3.8, 4) is 11.4 Å². The monoisotopic (exact) mass is 231 g/mol. The molecule has 0 aliphatic heterocycles. The molecule has 0 fully saturated rings. The zero-order valence-corrected chi connectivity index (χ0v) is 8.66. The molecule has 0 spiro atoms. The smallest absolute Gasteiger partial charge is 0.335 e. The van der Waals surface area contributed by atoms with Crippen molar-refractivity contribution in [2.75, 3.05) is 11.5 Å². The molecule has 2 aromatic rings. The van der Waals surface area contributed by atoms with Crippen LogP contribution < -0.4 is 11.5 Å². The summed E-state index contributed by atoms with van der Waals surface area (Å²) in [4.78, 5) is 22.2. The van der Waals surface area contributed by atoms with Gasteiger partial charge >= 0.3 is 5.97 Å². The van der Waals surface area contributed by atoms with E-state index in [-0.39, 0.29) is 23.3 Å². The van der Waals surface area contributed by atoms with Crippen LogP contribution in [-0.4, -0.2) is 26.0 Å². The normalized spacial score (nSPS) is 10.1. The van der Waals surface area contributed by atoms with Crippen LogP contribution in [0.2, 0.25) is 0 Å². The lowest BCUT2D eigenvalue weighted by Gasteiger charge is -2.03. The zero-order valence-electron chi connectivity index (χ0n) is 8.66. The minimum Gasteiger partial charge on any atom is -0.478 e. The lowest BCUT2D eigenvalue weighted by atomic mass is 10.1. The first-order valence-electron chi connectivity index (χ1n) is 4.67. The third-order valence-electron chi connectivity index (χ3n) is 2.04. The average molecular weight is 231 g/mol. The Hall–Kier alpha value is -2.70. The molecule has 1 heterocycles. The first-order valence-corrected chi connectivity index (χ1v) is 4.67. The summed E-state index contributed by atoms with van der Waals surface area (Å²) in [5, 5.41) is 8.86. The standard InChI is InChI=1S/C10H9N5O2/c11-9-13-7(14-10(12)15-9)5-2-1-3-6(4-5)8(16)17/h1-4H,(H,16,17)(H4,11,12,13,14,15). The van der Waals surface area contributed by atoms with Gasteiger partial charge in [-0.25, -0.2) is 4.79 Å². The van der Waals surface area contributed by atoms with E-state index in [1.807, 2.05) is 0 Å². The Morgan fingerprint density at radius 2 is 1.76 bits per heavy atom. The first-order chi connectivity index (χ1) is 8.06. The summed E-state index contributed by atoms with van der Waals surface area (Å²) in [5.41, 5.74) is 11.5. The van der Waals surface area contributed by atoms with Crippen LogP contribution in [0, 0.1) is 0 Å². The molecular formula is C10H9N5O2. The highest BCUT2D eigenvalue weighted by molar-refractivity contribution is 5.89. The lowest BCUT2D eigenvalue weighted by Crippen LogP contribution is -2.04. The number of carboxylic acid groups (broad SMARTS) is 1. The molecule has 0 aliphatic rings. The van der Waals surface area contributed by atoms with Crippen LogP contribution in [0.4, 0.5) is 11.9 Å². The topological polar surface area (TPSA) is 128 Å². The Labute approximate surface area is 96.1 Å². The first kappa shape index (κ1) is 10.8. The zero-order chi connectivity index (χ0) is 12.4. The summed E-state index contributed by atoms with van der Waals surface area (Å²) < 4.78 is 0. The third kappa shape index (κ3) is 2.28. The van der Waals surface area contributed by atoms with E-state index in [1.165, 1.54) is 12.1 Å². The van der Waals surface area contributed by atoms with Gasteiger partial charge in [-0.2, -0.15) is 15.0 Å². The van der Waals surface area contributed by atoms with Crippen molar-refractivity contribution < 1.29 is 9.90 Å². The van der Waals surface area contributed by atoms with Crippen LogP contribution in [0.25, 0.3) is 11.4 Å². The van der Waals surface area contributed by atoms with Crippen molar-refractivity contribution in [2.24, 2.45) is 0 Å². The molecule has 0 saturated carbocycles. The number of anilines is 2.